The Morgan fingerprint density at radius 1 is 1.25 bits per heavy atom. The van der Waals surface area contributed by atoms with Gasteiger partial charge in [0.25, 0.3) is 0 Å². The summed E-state index contributed by atoms with van der Waals surface area (Å²) in [7, 11) is 1.73. The van der Waals surface area contributed by atoms with Gasteiger partial charge >= 0.3 is 0 Å². The van der Waals surface area contributed by atoms with Gasteiger partial charge in [-0.1, -0.05) is 51.1 Å². The minimum Gasteiger partial charge on any atom is -0.395 e. The molecule has 0 aliphatic carbocycles. The third-order valence-corrected chi connectivity index (χ3v) is 3.63. The second kappa shape index (κ2) is 8.40. The van der Waals surface area contributed by atoms with E-state index in [1.54, 1.807) is 7.11 Å². The van der Waals surface area contributed by atoms with Crippen molar-refractivity contribution in [3.63, 3.8) is 0 Å². The fraction of sp³-hybridized carbons (Fsp3) is 0.647. The molecular formula is C17H29NO2. The molecule has 1 aromatic rings. The van der Waals surface area contributed by atoms with Gasteiger partial charge in [0.2, 0.25) is 0 Å². The number of methoxy groups -OCH3 is 1. The Hall–Kier alpha value is -0.900. The quantitative estimate of drug-likeness (QED) is 0.754. The Bertz CT molecular complexity index is 367. The fourth-order valence-corrected chi connectivity index (χ4v) is 2.54. The van der Waals surface area contributed by atoms with Crippen LogP contribution in [0, 0.1) is 5.92 Å². The molecule has 1 N–H and O–H groups in total. The third kappa shape index (κ3) is 5.23. The van der Waals surface area contributed by atoms with Crippen molar-refractivity contribution in [3.8, 4) is 0 Å². The standard InChI is InChI=1S/C17H29NO2/c1-15(2)12-18(10-11-20-4)13-17(3,14-19)16-8-6-5-7-9-16/h5-9,15,19H,10-14H2,1-4H3. The summed E-state index contributed by atoms with van der Waals surface area (Å²) in [6.07, 6.45) is 0. The van der Waals surface area contributed by atoms with Crippen molar-refractivity contribution in [2.24, 2.45) is 5.92 Å². The zero-order chi connectivity index (χ0) is 15.0. The van der Waals surface area contributed by atoms with Crippen molar-refractivity contribution < 1.29 is 9.84 Å². The number of ether oxygens (including phenoxy) is 1. The first-order valence-electron chi connectivity index (χ1n) is 7.39. The molecule has 0 saturated carbocycles. The van der Waals surface area contributed by atoms with Crippen LogP contribution in [0.25, 0.3) is 0 Å². The average Bonchev–Trinajstić information content (AvgIpc) is 2.45. The molecule has 0 aromatic heterocycles. The Morgan fingerprint density at radius 3 is 2.40 bits per heavy atom. The maximum atomic E-state index is 9.89. The average molecular weight is 279 g/mol. The van der Waals surface area contributed by atoms with E-state index in [0.717, 1.165) is 26.2 Å². The number of nitrogens with zero attached hydrogens (tertiary/aromatic N) is 1. The summed E-state index contributed by atoms with van der Waals surface area (Å²) < 4.78 is 5.20. The molecule has 1 aromatic carbocycles. The van der Waals surface area contributed by atoms with E-state index in [0.29, 0.717) is 5.92 Å². The minimum atomic E-state index is -0.232. The molecule has 0 bridgehead atoms. The predicted molar refractivity (Wildman–Crippen MR) is 84.0 cm³/mol. The summed E-state index contributed by atoms with van der Waals surface area (Å²) in [6, 6.07) is 10.3. The van der Waals surface area contributed by atoms with Crippen molar-refractivity contribution in [2.45, 2.75) is 26.2 Å². The van der Waals surface area contributed by atoms with Crippen molar-refractivity contribution in [3.05, 3.63) is 35.9 Å². The van der Waals surface area contributed by atoms with Gasteiger partial charge in [-0.3, -0.25) is 4.90 Å². The fourth-order valence-electron chi connectivity index (χ4n) is 2.54. The monoisotopic (exact) mass is 279 g/mol. The van der Waals surface area contributed by atoms with Crippen molar-refractivity contribution in [1.82, 2.24) is 4.90 Å². The molecule has 0 fully saturated rings. The summed E-state index contributed by atoms with van der Waals surface area (Å²) in [5.41, 5.74) is 0.956. The highest BCUT2D eigenvalue weighted by Gasteiger charge is 2.28. The Morgan fingerprint density at radius 2 is 1.90 bits per heavy atom. The molecule has 0 aliphatic heterocycles. The van der Waals surface area contributed by atoms with Crippen molar-refractivity contribution >= 4 is 0 Å². The molecule has 0 heterocycles. The molecule has 0 amide bonds. The van der Waals surface area contributed by atoms with Gasteiger partial charge in [-0.25, -0.2) is 0 Å². The van der Waals surface area contributed by atoms with Crippen molar-refractivity contribution in [1.29, 1.82) is 0 Å². The molecule has 1 atom stereocenters. The van der Waals surface area contributed by atoms with Crippen LogP contribution >= 0.6 is 0 Å². The van der Waals surface area contributed by atoms with E-state index in [4.69, 9.17) is 4.74 Å². The summed E-state index contributed by atoms with van der Waals surface area (Å²) in [5.74, 6) is 0.602. The Labute approximate surface area is 123 Å². The van der Waals surface area contributed by atoms with Gasteiger partial charge in [0, 0.05) is 32.2 Å². The zero-order valence-electron chi connectivity index (χ0n) is 13.3. The maximum absolute atomic E-state index is 9.89. The number of benzene rings is 1. The zero-order valence-corrected chi connectivity index (χ0v) is 13.3. The van der Waals surface area contributed by atoms with Crippen LogP contribution < -0.4 is 0 Å². The van der Waals surface area contributed by atoms with Crippen molar-refractivity contribution in [2.75, 3.05) is 40.0 Å². The molecular weight excluding hydrogens is 250 g/mol. The van der Waals surface area contributed by atoms with Gasteiger partial charge in [-0.2, -0.15) is 0 Å². The van der Waals surface area contributed by atoms with Gasteiger partial charge in [-0.15, -0.1) is 0 Å². The number of aliphatic hydroxyl groups is 1. The van der Waals surface area contributed by atoms with Crippen LogP contribution in [0.4, 0.5) is 0 Å². The van der Waals surface area contributed by atoms with Gasteiger partial charge in [-0.05, 0) is 11.5 Å². The molecule has 114 valence electrons. The smallest absolute Gasteiger partial charge is 0.0589 e. The van der Waals surface area contributed by atoms with Gasteiger partial charge in [0.05, 0.1) is 13.2 Å². The maximum Gasteiger partial charge on any atom is 0.0589 e. The number of hydrogen-bond acceptors (Lipinski definition) is 3. The van der Waals surface area contributed by atoms with Crippen LogP contribution in [-0.2, 0) is 10.2 Å². The molecule has 1 rings (SSSR count). The largest absolute Gasteiger partial charge is 0.395 e. The summed E-state index contributed by atoms with van der Waals surface area (Å²) in [6.45, 7) is 10.2. The number of rotatable bonds is 9. The lowest BCUT2D eigenvalue weighted by atomic mass is 9.82. The number of hydrogen-bond donors (Lipinski definition) is 1. The van der Waals surface area contributed by atoms with E-state index in [1.807, 2.05) is 18.2 Å². The lowest BCUT2D eigenvalue weighted by Gasteiger charge is -2.35. The molecule has 0 spiro atoms. The van der Waals surface area contributed by atoms with Crippen LogP contribution in [-0.4, -0.2) is 50.0 Å². The summed E-state index contributed by atoms with van der Waals surface area (Å²) in [5, 5.41) is 9.89. The first kappa shape index (κ1) is 17.2. The van der Waals surface area contributed by atoms with Gasteiger partial charge in [0.1, 0.15) is 0 Å². The first-order valence-corrected chi connectivity index (χ1v) is 7.39. The summed E-state index contributed by atoms with van der Waals surface area (Å²) >= 11 is 0. The van der Waals surface area contributed by atoms with E-state index >= 15 is 0 Å². The van der Waals surface area contributed by atoms with E-state index in [1.165, 1.54) is 5.56 Å². The van der Waals surface area contributed by atoms with Crippen LogP contribution in [0.15, 0.2) is 30.3 Å². The molecule has 3 nitrogen and oxygen atoms in total. The highest BCUT2D eigenvalue weighted by molar-refractivity contribution is 5.25. The van der Waals surface area contributed by atoms with Crippen LogP contribution in [0.2, 0.25) is 0 Å². The second-order valence-corrected chi connectivity index (χ2v) is 6.21. The first-order chi connectivity index (χ1) is 9.51. The van der Waals surface area contributed by atoms with E-state index in [2.05, 4.69) is 37.8 Å². The Kier molecular flexibility index (Phi) is 7.20. The molecule has 0 radical (unpaired) electrons. The SMILES string of the molecule is COCCN(CC(C)C)CC(C)(CO)c1ccccc1. The van der Waals surface area contributed by atoms with Crippen LogP contribution in [0.1, 0.15) is 26.3 Å². The minimum absolute atomic E-state index is 0.151. The normalized spacial score (nSPS) is 14.8. The molecule has 1 unspecified atom stereocenters. The highest BCUT2D eigenvalue weighted by Crippen LogP contribution is 2.24. The highest BCUT2D eigenvalue weighted by atomic mass is 16.5. The lowest BCUT2D eigenvalue weighted by Crippen LogP contribution is -2.44. The van der Waals surface area contributed by atoms with E-state index < -0.39 is 0 Å². The third-order valence-electron chi connectivity index (χ3n) is 3.63. The molecule has 0 aliphatic rings. The molecule has 20 heavy (non-hydrogen) atoms. The van der Waals surface area contributed by atoms with E-state index in [-0.39, 0.29) is 12.0 Å². The van der Waals surface area contributed by atoms with Crippen LogP contribution in [0.3, 0.4) is 0 Å². The van der Waals surface area contributed by atoms with Gasteiger partial charge in [0.15, 0.2) is 0 Å². The van der Waals surface area contributed by atoms with E-state index in [9.17, 15) is 5.11 Å². The Balaban J connectivity index is 2.81. The number of aliphatic hydroxyl groups excluding tert-OH is 1. The van der Waals surface area contributed by atoms with Gasteiger partial charge < -0.3 is 9.84 Å². The molecule has 0 saturated heterocycles. The van der Waals surface area contributed by atoms with Crippen LogP contribution in [0.5, 0.6) is 0 Å². The predicted octanol–water partition coefficient (Wildman–Crippen LogP) is 2.54. The lowest BCUT2D eigenvalue weighted by molar-refractivity contribution is 0.101. The molecule has 3 heteroatoms. The summed E-state index contributed by atoms with van der Waals surface area (Å²) in [4.78, 5) is 2.39. The topological polar surface area (TPSA) is 32.7 Å². The second-order valence-electron chi connectivity index (χ2n) is 6.21.